The van der Waals surface area contributed by atoms with Crippen molar-refractivity contribution in [3.05, 3.63) is 69.7 Å². The Morgan fingerprint density at radius 2 is 1.90 bits per heavy atom. The van der Waals surface area contributed by atoms with Crippen LogP contribution in [0.4, 0.5) is 0 Å². The Bertz CT molecular complexity index is 551. The van der Waals surface area contributed by atoms with Gasteiger partial charge in [0, 0.05) is 10.5 Å². The monoisotopic (exact) mass is 331 g/mol. The smallest absolute Gasteiger partial charge is 0.0361 e. The summed E-state index contributed by atoms with van der Waals surface area (Å²) in [7, 11) is 0. The second kappa shape index (κ2) is 7.61. The number of aryl methyl sites for hydroxylation is 1. The fourth-order valence-corrected chi connectivity index (χ4v) is 2.84. The summed E-state index contributed by atoms with van der Waals surface area (Å²) in [5.41, 5.74) is 4.04. The van der Waals surface area contributed by atoms with Crippen LogP contribution >= 0.6 is 15.9 Å². The van der Waals surface area contributed by atoms with Gasteiger partial charge in [-0.15, -0.1) is 0 Å². The highest BCUT2D eigenvalue weighted by Gasteiger charge is 2.13. The summed E-state index contributed by atoms with van der Waals surface area (Å²) in [5.74, 6) is 0. The molecular weight excluding hydrogens is 310 g/mol. The van der Waals surface area contributed by atoms with Crippen LogP contribution in [0.2, 0.25) is 0 Å². The van der Waals surface area contributed by atoms with Crippen molar-refractivity contribution in [3.8, 4) is 0 Å². The van der Waals surface area contributed by atoms with Crippen LogP contribution in [0.3, 0.4) is 0 Å². The normalized spacial score (nSPS) is 12.3. The van der Waals surface area contributed by atoms with Gasteiger partial charge in [0.05, 0.1) is 0 Å². The molecule has 0 aliphatic carbocycles. The van der Waals surface area contributed by atoms with Crippen LogP contribution in [-0.2, 0) is 6.42 Å². The van der Waals surface area contributed by atoms with Gasteiger partial charge in [0.15, 0.2) is 0 Å². The lowest BCUT2D eigenvalue weighted by Gasteiger charge is -2.20. The van der Waals surface area contributed by atoms with Gasteiger partial charge in [-0.1, -0.05) is 70.9 Å². The molecule has 2 aromatic carbocycles. The van der Waals surface area contributed by atoms with E-state index in [9.17, 15) is 0 Å². The van der Waals surface area contributed by atoms with E-state index in [1.807, 2.05) is 0 Å². The van der Waals surface area contributed by atoms with E-state index in [1.54, 1.807) is 0 Å². The maximum absolute atomic E-state index is 3.67. The van der Waals surface area contributed by atoms with Gasteiger partial charge in [0.25, 0.3) is 0 Å². The standard InChI is InChI=1S/C18H22BrN/c1-3-11-20-18(16-9-6-7-14(2)12-16)13-15-8-4-5-10-17(15)19/h4-10,12,18,20H,3,11,13H2,1-2H3. The average molecular weight is 332 g/mol. The van der Waals surface area contributed by atoms with E-state index in [0.717, 1.165) is 19.4 Å². The number of rotatable bonds is 6. The fourth-order valence-electron chi connectivity index (χ4n) is 2.40. The number of hydrogen-bond donors (Lipinski definition) is 1. The van der Waals surface area contributed by atoms with Gasteiger partial charge in [-0.2, -0.15) is 0 Å². The SMILES string of the molecule is CCCNC(Cc1ccccc1Br)c1cccc(C)c1. The number of halogens is 1. The predicted octanol–water partition coefficient (Wildman–Crippen LogP) is 5.04. The summed E-state index contributed by atoms with van der Waals surface area (Å²) < 4.78 is 1.19. The Morgan fingerprint density at radius 3 is 2.60 bits per heavy atom. The summed E-state index contributed by atoms with van der Waals surface area (Å²) in [6, 6.07) is 17.6. The van der Waals surface area contributed by atoms with E-state index < -0.39 is 0 Å². The Morgan fingerprint density at radius 1 is 1.10 bits per heavy atom. The first-order valence-corrected chi connectivity index (χ1v) is 8.03. The van der Waals surface area contributed by atoms with Gasteiger partial charge in [-0.25, -0.2) is 0 Å². The Kier molecular flexibility index (Phi) is 5.81. The molecule has 0 aliphatic rings. The maximum Gasteiger partial charge on any atom is 0.0361 e. The molecule has 0 spiro atoms. The van der Waals surface area contributed by atoms with E-state index in [2.05, 4.69) is 83.6 Å². The molecule has 0 heterocycles. The molecule has 0 bridgehead atoms. The zero-order valence-corrected chi connectivity index (χ0v) is 13.8. The van der Waals surface area contributed by atoms with E-state index >= 15 is 0 Å². The quantitative estimate of drug-likeness (QED) is 0.781. The van der Waals surface area contributed by atoms with Crippen molar-refractivity contribution in [2.45, 2.75) is 32.7 Å². The lowest BCUT2D eigenvalue weighted by Crippen LogP contribution is -2.24. The van der Waals surface area contributed by atoms with E-state index in [0.29, 0.717) is 6.04 Å². The lowest BCUT2D eigenvalue weighted by molar-refractivity contribution is 0.528. The summed E-state index contributed by atoms with van der Waals surface area (Å²) in [4.78, 5) is 0. The molecule has 2 aromatic rings. The third kappa shape index (κ3) is 4.19. The molecular formula is C18H22BrN. The van der Waals surface area contributed by atoms with E-state index in [1.165, 1.54) is 21.2 Å². The molecule has 20 heavy (non-hydrogen) atoms. The molecule has 1 atom stereocenters. The Hall–Kier alpha value is -1.12. The summed E-state index contributed by atoms with van der Waals surface area (Å²) in [6.45, 7) is 5.40. The number of benzene rings is 2. The first-order valence-electron chi connectivity index (χ1n) is 7.24. The highest BCUT2D eigenvalue weighted by molar-refractivity contribution is 9.10. The number of nitrogens with one attached hydrogen (secondary N) is 1. The fraction of sp³-hybridized carbons (Fsp3) is 0.333. The molecule has 0 aliphatic heterocycles. The third-order valence-corrected chi connectivity index (χ3v) is 4.24. The molecule has 1 unspecified atom stereocenters. The van der Waals surface area contributed by atoms with Crippen LogP contribution in [-0.4, -0.2) is 6.54 Å². The average Bonchev–Trinajstić information content (AvgIpc) is 2.45. The molecule has 0 saturated carbocycles. The topological polar surface area (TPSA) is 12.0 Å². The van der Waals surface area contributed by atoms with Crippen LogP contribution in [0.1, 0.15) is 36.1 Å². The lowest BCUT2D eigenvalue weighted by atomic mass is 9.97. The highest BCUT2D eigenvalue weighted by Crippen LogP contribution is 2.24. The van der Waals surface area contributed by atoms with Crippen molar-refractivity contribution in [2.24, 2.45) is 0 Å². The molecule has 2 heteroatoms. The van der Waals surface area contributed by atoms with Gasteiger partial charge < -0.3 is 5.32 Å². The minimum Gasteiger partial charge on any atom is -0.310 e. The van der Waals surface area contributed by atoms with Crippen molar-refractivity contribution < 1.29 is 0 Å². The van der Waals surface area contributed by atoms with Crippen LogP contribution in [0.5, 0.6) is 0 Å². The molecule has 0 amide bonds. The second-order valence-electron chi connectivity index (χ2n) is 5.22. The maximum atomic E-state index is 3.67. The van der Waals surface area contributed by atoms with E-state index in [4.69, 9.17) is 0 Å². The first kappa shape index (κ1) is 15.3. The van der Waals surface area contributed by atoms with Crippen molar-refractivity contribution >= 4 is 15.9 Å². The van der Waals surface area contributed by atoms with Gasteiger partial charge in [0.2, 0.25) is 0 Å². The molecule has 0 fully saturated rings. The Labute approximate surface area is 130 Å². The van der Waals surface area contributed by atoms with Crippen LogP contribution < -0.4 is 5.32 Å². The Balaban J connectivity index is 2.21. The van der Waals surface area contributed by atoms with Crippen molar-refractivity contribution in [3.63, 3.8) is 0 Å². The van der Waals surface area contributed by atoms with Crippen molar-refractivity contribution in [1.29, 1.82) is 0 Å². The molecule has 0 aromatic heterocycles. The highest BCUT2D eigenvalue weighted by atomic mass is 79.9. The molecule has 1 nitrogen and oxygen atoms in total. The summed E-state index contributed by atoms with van der Waals surface area (Å²) in [6.07, 6.45) is 2.16. The van der Waals surface area contributed by atoms with Crippen LogP contribution in [0.25, 0.3) is 0 Å². The minimum absolute atomic E-state index is 0.369. The van der Waals surface area contributed by atoms with Crippen molar-refractivity contribution in [2.75, 3.05) is 6.54 Å². The van der Waals surface area contributed by atoms with Gasteiger partial charge >= 0.3 is 0 Å². The van der Waals surface area contributed by atoms with Gasteiger partial charge in [-0.3, -0.25) is 0 Å². The molecule has 2 rings (SSSR count). The minimum atomic E-state index is 0.369. The first-order chi connectivity index (χ1) is 9.70. The summed E-state index contributed by atoms with van der Waals surface area (Å²) in [5, 5.41) is 3.67. The van der Waals surface area contributed by atoms with Gasteiger partial charge in [-0.05, 0) is 43.5 Å². The zero-order valence-electron chi connectivity index (χ0n) is 12.2. The molecule has 1 N–H and O–H groups in total. The van der Waals surface area contributed by atoms with Gasteiger partial charge in [0.1, 0.15) is 0 Å². The molecule has 0 radical (unpaired) electrons. The van der Waals surface area contributed by atoms with E-state index in [-0.39, 0.29) is 0 Å². The molecule has 0 saturated heterocycles. The summed E-state index contributed by atoms with van der Waals surface area (Å²) >= 11 is 3.65. The second-order valence-corrected chi connectivity index (χ2v) is 6.07. The van der Waals surface area contributed by atoms with Crippen LogP contribution in [0.15, 0.2) is 53.0 Å². The van der Waals surface area contributed by atoms with Crippen LogP contribution in [0, 0.1) is 6.92 Å². The largest absolute Gasteiger partial charge is 0.310 e. The third-order valence-electron chi connectivity index (χ3n) is 3.47. The zero-order chi connectivity index (χ0) is 14.4. The molecule has 106 valence electrons. The predicted molar refractivity (Wildman–Crippen MR) is 90.1 cm³/mol. The van der Waals surface area contributed by atoms with Crippen molar-refractivity contribution in [1.82, 2.24) is 5.32 Å². The number of hydrogen-bond acceptors (Lipinski definition) is 1.